The van der Waals surface area contributed by atoms with Gasteiger partial charge in [-0.1, -0.05) is 0 Å². The summed E-state index contributed by atoms with van der Waals surface area (Å²) in [6.45, 7) is 2.18. The minimum absolute atomic E-state index is 0.0219. The summed E-state index contributed by atoms with van der Waals surface area (Å²) < 4.78 is 0. The molecule has 1 rings (SSSR count). The lowest BCUT2D eigenvalue weighted by atomic mass is 10.3. The number of carbonyl (C=O) groups excluding carboxylic acids is 3. The highest BCUT2D eigenvalue weighted by Crippen LogP contribution is 2.00. The van der Waals surface area contributed by atoms with Crippen molar-refractivity contribution in [2.24, 2.45) is 0 Å². The van der Waals surface area contributed by atoms with Crippen molar-refractivity contribution in [3.63, 3.8) is 0 Å². The minimum atomic E-state index is -0.313. The van der Waals surface area contributed by atoms with Crippen LogP contribution < -0.4 is 0 Å². The molecule has 0 aromatic carbocycles. The van der Waals surface area contributed by atoms with Crippen LogP contribution in [0.25, 0.3) is 0 Å². The van der Waals surface area contributed by atoms with E-state index in [2.05, 4.69) is 0 Å². The Morgan fingerprint density at radius 3 is 2.58 bits per heavy atom. The van der Waals surface area contributed by atoms with E-state index in [1.54, 1.807) is 0 Å². The molecule has 5 nitrogen and oxygen atoms in total. The molecule has 0 radical (unpaired) electrons. The van der Waals surface area contributed by atoms with Gasteiger partial charge in [0, 0.05) is 20.0 Å². The van der Waals surface area contributed by atoms with Crippen LogP contribution in [0.2, 0.25) is 0 Å². The summed E-state index contributed by atoms with van der Waals surface area (Å²) in [6, 6.07) is 0. The second-order valence-electron chi connectivity index (χ2n) is 2.63. The van der Waals surface area contributed by atoms with Crippen molar-refractivity contribution in [1.29, 1.82) is 0 Å². The maximum Gasteiger partial charge on any atom is 0.248 e. The molecule has 1 fully saturated rings. The third-order valence-corrected chi connectivity index (χ3v) is 1.83. The molecule has 1 saturated heterocycles. The first kappa shape index (κ1) is 8.70. The van der Waals surface area contributed by atoms with Crippen LogP contribution in [0, 0.1) is 0 Å². The van der Waals surface area contributed by atoms with Crippen LogP contribution in [-0.2, 0) is 14.4 Å². The van der Waals surface area contributed by atoms with Gasteiger partial charge in [0.2, 0.25) is 18.2 Å². The van der Waals surface area contributed by atoms with Gasteiger partial charge in [0.05, 0.1) is 0 Å². The molecule has 1 aliphatic rings. The predicted molar refractivity (Wildman–Crippen MR) is 40.0 cm³/mol. The summed E-state index contributed by atoms with van der Waals surface area (Å²) in [7, 11) is 0. The maximum absolute atomic E-state index is 11.0. The van der Waals surface area contributed by atoms with Crippen LogP contribution in [0.1, 0.15) is 6.92 Å². The molecule has 0 spiro atoms. The zero-order valence-electron chi connectivity index (χ0n) is 6.82. The first-order chi connectivity index (χ1) is 5.65. The van der Waals surface area contributed by atoms with Gasteiger partial charge in [0.15, 0.2) is 0 Å². The van der Waals surface area contributed by atoms with Crippen molar-refractivity contribution >= 4 is 18.2 Å². The first-order valence-electron chi connectivity index (χ1n) is 3.65. The molecule has 0 unspecified atom stereocenters. The van der Waals surface area contributed by atoms with Crippen molar-refractivity contribution in [3.05, 3.63) is 0 Å². The minimum Gasteiger partial charge on any atom is -0.332 e. The van der Waals surface area contributed by atoms with Gasteiger partial charge in [0.1, 0.15) is 6.54 Å². The van der Waals surface area contributed by atoms with E-state index in [-0.39, 0.29) is 18.4 Å². The first-order valence-corrected chi connectivity index (χ1v) is 3.65. The largest absolute Gasteiger partial charge is 0.332 e. The number of hydrogen-bond donors (Lipinski definition) is 0. The Hall–Kier alpha value is -1.39. The predicted octanol–water partition coefficient (Wildman–Crippen LogP) is -1.17. The van der Waals surface area contributed by atoms with Crippen molar-refractivity contribution in [2.75, 3.05) is 19.6 Å². The van der Waals surface area contributed by atoms with E-state index in [1.807, 2.05) is 0 Å². The van der Waals surface area contributed by atoms with Crippen molar-refractivity contribution in [1.82, 2.24) is 9.80 Å². The van der Waals surface area contributed by atoms with Crippen molar-refractivity contribution in [2.45, 2.75) is 6.92 Å². The molecule has 0 aromatic rings. The Morgan fingerprint density at radius 2 is 2.17 bits per heavy atom. The molecule has 5 heteroatoms. The summed E-state index contributed by atoms with van der Waals surface area (Å²) in [5.41, 5.74) is 0. The topological polar surface area (TPSA) is 57.7 Å². The summed E-state index contributed by atoms with van der Waals surface area (Å²) in [6.07, 6.45) is 0.500. The molecule has 0 aromatic heterocycles. The number of nitrogens with zero attached hydrogens (tertiary/aromatic N) is 2. The molecule has 0 aliphatic carbocycles. The Kier molecular flexibility index (Phi) is 2.42. The lowest BCUT2D eigenvalue weighted by Crippen LogP contribution is -2.51. The normalized spacial score (nSPS) is 17.9. The summed E-state index contributed by atoms with van der Waals surface area (Å²) >= 11 is 0. The highest BCUT2D eigenvalue weighted by Gasteiger charge is 2.24. The average Bonchev–Trinajstić information content (AvgIpc) is 2.04. The van der Waals surface area contributed by atoms with Gasteiger partial charge >= 0.3 is 0 Å². The molecule has 66 valence electrons. The van der Waals surface area contributed by atoms with Gasteiger partial charge in [-0.2, -0.15) is 0 Å². The fraction of sp³-hybridized carbons (Fsp3) is 0.571. The van der Waals surface area contributed by atoms with E-state index in [4.69, 9.17) is 0 Å². The lowest BCUT2D eigenvalue weighted by molar-refractivity contribution is -0.147. The van der Waals surface area contributed by atoms with E-state index in [0.717, 1.165) is 4.90 Å². The second-order valence-corrected chi connectivity index (χ2v) is 2.63. The third-order valence-electron chi connectivity index (χ3n) is 1.83. The van der Waals surface area contributed by atoms with Gasteiger partial charge < -0.3 is 4.90 Å². The summed E-state index contributed by atoms with van der Waals surface area (Å²) in [5.74, 6) is -0.444. The van der Waals surface area contributed by atoms with Crippen LogP contribution in [0.3, 0.4) is 0 Å². The maximum atomic E-state index is 11.0. The standard InChI is InChI=1S/C7H10N2O3/c1-6(11)8-2-3-9(5-10)7(12)4-8/h5H,2-4H2,1H3. The van der Waals surface area contributed by atoms with E-state index in [0.29, 0.717) is 19.5 Å². The van der Waals surface area contributed by atoms with Crippen molar-refractivity contribution in [3.8, 4) is 0 Å². The quantitative estimate of drug-likeness (QED) is 0.466. The lowest BCUT2D eigenvalue weighted by Gasteiger charge is -2.29. The number of rotatable bonds is 1. The molecule has 0 bridgehead atoms. The van der Waals surface area contributed by atoms with Crippen molar-refractivity contribution < 1.29 is 14.4 Å². The second kappa shape index (κ2) is 3.34. The summed E-state index contributed by atoms with van der Waals surface area (Å²) in [5, 5.41) is 0. The molecular weight excluding hydrogens is 160 g/mol. The molecule has 0 saturated carbocycles. The van der Waals surface area contributed by atoms with Crippen LogP contribution in [0.4, 0.5) is 0 Å². The van der Waals surface area contributed by atoms with Crippen LogP contribution in [-0.4, -0.2) is 47.7 Å². The highest BCUT2D eigenvalue weighted by atomic mass is 16.2. The Morgan fingerprint density at radius 1 is 1.50 bits per heavy atom. The molecule has 1 heterocycles. The van der Waals surface area contributed by atoms with E-state index < -0.39 is 0 Å². The number of imide groups is 1. The van der Waals surface area contributed by atoms with Gasteiger partial charge in [-0.25, -0.2) is 0 Å². The summed E-state index contributed by atoms with van der Waals surface area (Å²) in [4.78, 5) is 34.6. The highest BCUT2D eigenvalue weighted by molar-refractivity contribution is 5.91. The third kappa shape index (κ3) is 1.61. The smallest absolute Gasteiger partial charge is 0.248 e. The average molecular weight is 170 g/mol. The number of amides is 3. The number of piperazine rings is 1. The molecule has 12 heavy (non-hydrogen) atoms. The molecule has 0 N–H and O–H groups in total. The zero-order valence-corrected chi connectivity index (χ0v) is 6.82. The number of carbonyl (C=O) groups is 3. The van der Waals surface area contributed by atoms with Gasteiger partial charge in [-0.05, 0) is 0 Å². The Labute approximate surface area is 69.9 Å². The Balaban J connectivity index is 2.57. The zero-order chi connectivity index (χ0) is 9.14. The molecule has 0 atom stereocenters. The SMILES string of the molecule is CC(=O)N1CCN(C=O)C(=O)C1. The monoisotopic (exact) mass is 170 g/mol. The van der Waals surface area contributed by atoms with Crippen LogP contribution in [0.15, 0.2) is 0 Å². The van der Waals surface area contributed by atoms with Gasteiger partial charge in [-0.3, -0.25) is 19.3 Å². The fourth-order valence-corrected chi connectivity index (χ4v) is 1.07. The Bertz CT molecular complexity index is 227. The van der Waals surface area contributed by atoms with Crippen LogP contribution in [0.5, 0.6) is 0 Å². The van der Waals surface area contributed by atoms with E-state index in [9.17, 15) is 14.4 Å². The van der Waals surface area contributed by atoms with E-state index in [1.165, 1.54) is 11.8 Å². The number of hydrogen-bond acceptors (Lipinski definition) is 3. The van der Waals surface area contributed by atoms with E-state index >= 15 is 0 Å². The fourth-order valence-electron chi connectivity index (χ4n) is 1.07. The van der Waals surface area contributed by atoms with Gasteiger partial charge in [0.25, 0.3) is 0 Å². The van der Waals surface area contributed by atoms with Gasteiger partial charge in [-0.15, -0.1) is 0 Å². The molecule has 3 amide bonds. The molecular formula is C7H10N2O3. The van der Waals surface area contributed by atoms with Crippen LogP contribution >= 0.6 is 0 Å². The molecule has 1 aliphatic heterocycles.